The zero-order valence-corrected chi connectivity index (χ0v) is 24.5. The zero-order valence-electron chi connectivity index (χ0n) is 23.6. The molecule has 220 valence electrons. The van der Waals surface area contributed by atoms with E-state index in [-0.39, 0.29) is 6.61 Å². The lowest BCUT2D eigenvalue weighted by Gasteiger charge is -2.31. The highest BCUT2D eigenvalue weighted by molar-refractivity contribution is 7.89. The molecule has 42 heavy (non-hydrogen) atoms. The Morgan fingerprint density at radius 3 is 1.98 bits per heavy atom. The van der Waals surface area contributed by atoms with Crippen LogP contribution < -0.4 is 14.8 Å². The predicted molar refractivity (Wildman–Crippen MR) is 165 cm³/mol. The fourth-order valence-corrected chi connectivity index (χ4v) is 6.50. The molecule has 1 fully saturated rings. The average Bonchev–Trinajstić information content (AvgIpc) is 3.04. The molecule has 0 saturated carbocycles. The van der Waals surface area contributed by atoms with Crippen LogP contribution in [0.3, 0.4) is 0 Å². The molecular weight excluding hydrogens is 548 g/mol. The minimum Gasteiger partial charge on any atom is -0.491 e. The van der Waals surface area contributed by atoms with E-state index in [1.165, 1.54) is 0 Å². The van der Waals surface area contributed by atoms with Crippen molar-refractivity contribution in [3.63, 3.8) is 0 Å². The third-order valence-corrected chi connectivity index (χ3v) is 9.41. The average molecular weight is 587 g/mol. The lowest BCUT2D eigenvalue weighted by atomic mass is 9.98. The normalized spacial score (nSPS) is 15.3. The number of nitrogens with zero attached hydrogens (tertiary/aromatic N) is 1. The largest absolute Gasteiger partial charge is 0.491 e. The van der Waals surface area contributed by atoms with Crippen LogP contribution in [0, 0.1) is 5.92 Å². The smallest absolute Gasteiger partial charge is 0.243 e. The molecule has 5 rings (SSSR count). The van der Waals surface area contributed by atoms with Crippen molar-refractivity contribution in [2.24, 2.45) is 5.92 Å². The van der Waals surface area contributed by atoms with Crippen LogP contribution in [0.15, 0.2) is 114 Å². The Balaban J connectivity index is 0.987. The molecule has 1 heterocycles. The Hall–Kier alpha value is -3.69. The number of benzene rings is 4. The Kier molecular flexibility index (Phi) is 10.3. The highest BCUT2D eigenvalue weighted by atomic mass is 32.2. The van der Waals surface area contributed by atoms with Crippen molar-refractivity contribution in [3.8, 4) is 22.6 Å². The molecule has 1 atom stereocenters. The van der Waals surface area contributed by atoms with Crippen molar-refractivity contribution >= 4 is 10.0 Å². The molecule has 8 heteroatoms. The third-order valence-electron chi connectivity index (χ3n) is 7.50. The first-order valence-electron chi connectivity index (χ1n) is 14.4. The molecule has 0 amide bonds. The van der Waals surface area contributed by atoms with Crippen molar-refractivity contribution in [3.05, 3.63) is 115 Å². The van der Waals surface area contributed by atoms with Crippen molar-refractivity contribution in [1.29, 1.82) is 0 Å². The number of hydrogen-bond donors (Lipinski definition) is 2. The van der Waals surface area contributed by atoms with Gasteiger partial charge in [0.1, 0.15) is 30.8 Å². The molecule has 0 unspecified atom stereocenters. The SMILES string of the molecule is O=S(=O)(c1ccc(-c2ccccc2)cc1)N1CCC(CNC[C@H](O)COc2ccc(OCc3ccccc3)cc2)CC1. The lowest BCUT2D eigenvalue weighted by molar-refractivity contribution is 0.104. The summed E-state index contributed by atoms with van der Waals surface area (Å²) in [5.74, 6) is 1.78. The van der Waals surface area contributed by atoms with Gasteiger partial charge < -0.3 is 19.9 Å². The summed E-state index contributed by atoms with van der Waals surface area (Å²) in [5, 5.41) is 13.7. The summed E-state index contributed by atoms with van der Waals surface area (Å²) in [6, 6.07) is 34.4. The van der Waals surface area contributed by atoms with E-state index in [1.807, 2.05) is 97.1 Å². The van der Waals surface area contributed by atoms with Crippen LogP contribution in [-0.2, 0) is 16.6 Å². The minimum atomic E-state index is -3.52. The van der Waals surface area contributed by atoms with Crippen LogP contribution in [0.4, 0.5) is 0 Å². The second-order valence-electron chi connectivity index (χ2n) is 10.6. The monoisotopic (exact) mass is 586 g/mol. The Bertz CT molecular complexity index is 1470. The molecule has 4 aromatic carbocycles. The Morgan fingerprint density at radius 1 is 0.762 bits per heavy atom. The van der Waals surface area contributed by atoms with Gasteiger partial charge in [-0.2, -0.15) is 4.31 Å². The van der Waals surface area contributed by atoms with Crippen LogP contribution in [-0.4, -0.2) is 56.7 Å². The first-order valence-corrected chi connectivity index (χ1v) is 15.9. The van der Waals surface area contributed by atoms with E-state index >= 15 is 0 Å². The van der Waals surface area contributed by atoms with Gasteiger partial charge in [-0.3, -0.25) is 0 Å². The fourth-order valence-electron chi connectivity index (χ4n) is 5.03. The first kappa shape index (κ1) is 29.8. The number of rotatable bonds is 13. The summed E-state index contributed by atoms with van der Waals surface area (Å²) >= 11 is 0. The highest BCUT2D eigenvalue weighted by Gasteiger charge is 2.29. The van der Waals surface area contributed by atoms with Crippen LogP contribution in [0.25, 0.3) is 11.1 Å². The van der Waals surface area contributed by atoms with Crippen molar-refractivity contribution in [1.82, 2.24) is 9.62 Å². The van der Waals surface area contributed by atoms with Gasteiger partial charge in [0.2, 0.25) is 10.0 Å². The number of aliphatic hydroxyl groups excluding tert-OH is 1. The van der Waals surface area contributed by atoms with Crippen LogP contribution in [0.2, 0.25) is 0 Å². The maximum absolute atomic E-state index is 13.2. The van der Waals surface area contributed by atoms with E-state index in [9.17, 15) is 13.5 Å². The van der Waals surface area contributed by atoms with Gasteiger partial charge in [0, 0.05) is 19.6 Å². The second-order valence-corrected chi connectivity index (χ2v) is 12.5. The molecule has 0 aliphatic carbocycles. The molecule has 7 nitrogen and oxygen atoms in total. The third kappa shape index (κ3) is 8.20. The maximum atomic E-state index is 13.2. The van der Waals surface area contributed by atoms with E-state index < -0.39 is 16.1 Å². The first-order chi connectivity index (χ1) is 20.5. The van der Waals surface area contributed by atoms with Crippen molar-refractivity contribution in [2.45, 2.75) is 30.4 Å². The summed E-state index contributed by atoms with van der Waals surface area (Å²) in [4.78, 5) is 0.330. The summed E-state index contributed by atoms with van der Waals surface area (Å²) in [6.45, 7) is 2.80. The second kappa shape index (κ2) is 14.5. The van der Waals surface area contributed by atoms with E-state index in [4.69, 9.17) is 9.47 Å². The quantitative estimate of drug-likeness (QED) is 0.219. The van der Waals surface area contributed by atoms with E-state index in [0.29, 0.717) is 42.8 Å². The zero-order chi connectivity index (χ0) is 29.2. The summed E-state index contributed by atoms with van der Waals surface area (Å²) in [7, 11) is -3.52. The molecule has 0 aromatic heterocycles. The van der Waals surface area contributed by atoms with Crippen molar-refractivity contribution < 1.29 is 23.0 Å². The highest BCUT2D eigenvalue weighted by Crippen LogP contribution is 2.26. The number of ether oxygens (including phenoxy) is 2. The molecule has 1 aliphatic heterocycles. The summed E-state index contributed by atoms with van der Waals surface area (Å²) in [5.41, 5.74) is 3.16. The van der Waals surface area contributed by atoms with E-state index in [1.54, 1.807) is 16.4 Å². The maximum Gasteiger partial charge on any atom is 0.243 e. The predicted octanol–water partition coefficient (Wildman–Crippen LogP) is 5.36. The number of sulfonamides is 1. The van der Waals surface area contributed by atoms with Crippen molar-refractivity contribution in [2.75, 3.05) is 32.8 Å². The van der Waals surface area contributed by atoms with Gasteiger partial charge >= 0.3 is 0 Å². The van der Waals surface area contributed by atoms with Gasteiger partial charge in [-0.15, -0.1) is 0 Å². The number of hydrogen-bond acceptors (Lipinski definition) is 6. The van der Waals surface area contributed by atoms with E-state index in [2.05, 4.69) is 5.32 Å². The number of nitrogens with one attached hydrogen (secondary N) is 1. The van der Waals surface area contributed by atoms with Crippen LogP contribution in [0.5, 0.6) is 11.5 Å². The van der Waals surface area contributed by atoms with Gasteiger partial charge in [0.15, 0.2) is 0 Å². The Morgan fingerprint density at radius 2 is 1.33 bits per heavy atom. The van der Waals surface area contributed by atoms with Gasteiger partial charge in [-0.05, 0) is 78.4 Å². The van der Waals surface area contributed by atoms with Crippen LogP contribution in [0.1, 0.15) is 18.4 Å². The van der Waals surface area contributed by atoms with E-state index in [0.717, 1.165) is 41.8 Å². The number of aliphatic hydroxyl groups is 1. The summed E-state index contributed by atoms with van der Waals surface area (Å²) < 4.78 is 39.5. The summed E-state index contributed by atoms with van der Waals surface area (Å²) in [6.07, 6.45) is 0.900. The molecule has 2 N–H and O–H groups in total. The topological polar surface area (TPSA) is 88.1 Å². The molecule has 0 spiro atoms. The van der Waals surface area contributed by atoms with Gasteiger partial charge in [-0.1, -0.05) is 72.8 Å². The molecule has 1 saturated heterocycles. The van der Waals surface area contributed by atoms with Gasteiger partial charge in [0.05, 0.1) is 4.90 Å². The minimum absolute atomic E-state index is 0.178. The fraction of sp³-hybridized carbons (Fsp3) is 0.294. The van der Waals surface area contributed by atoms with Gasteiger partial charge in [0.25, 0.3) is 0 Å². The Labute approximate surface area is 248 Å². The molecule has 4 aromatic rings. The molecule has 0 radical (unpaired) electrons. The molecule has 1 aliphatic rings. The standard InChI is InChI=1S/C34H38N2O5S/c37-31(26-41-33-15-13-32(14-16-33)40-25-28-7-3-1-4-8-28)24-35-23-27-19-21-36(22-20-27)42(38,39)34-17-11-30(12-18-34)29-9-5-2-6-10-29/h1-18,27,31,35,37H,19-26H2/t31-/m0/s1. The van der Waals surface area contributed by atoms with Gasteiger partial charge in [-0.25, -0.2) is 8.42 Å². The molecule has 0 bridgehead atoms. The van der Waals surface area contributed by atoms with Crippen LogP contribution >= 0.6 is 0 Å². The lowest BCUT2D eigenvalue weighted by Crippen LogP contribution is -2.42. The molecular formula is C34H38N2O5S. The number of piperidine rings is 1.